The van der Waals surface area contributed by atoms with Crippen LogP contribution in [0.4, 0.5) is 0 Å². The van der Waals surface area contributed by atoms with Crippen LogP contribution in [-0.4, -0.2) is 72.8 Å². The largest absolute Gasteiger partial charge is 0.339 e. The predicted octanol–water partition coefficient (Wildman–Crippen LogP) is 6.24. The van der Waals surface area contributed by atoms with Crippen LogP contribution in [0.2, 0.25) is 5.02 Å². The number of aryl methyl sites for hydroxylation is 1. The fourth-order valence-corrected chi connectivity index (χ4v) is 6.54. The summed E-state index contributed by atoms with van der Waals surface area (Å²) in [6, 6.07) is 23.6. The molecular formula is C33H33ClN6O2S. The highest BCUT2D eigenvalue weighted by Gasteiger charge is 2.30. The molecule has 0 unspecified atom stereocenters. The fourth-order valence-electron chi connectivity index (χ4n) is 5.69. The number of nitrogens with zero attached hydrogens (tertiary/aromatic N) is 6. The van der Waals surface area contributed by atoms with Crippen molar-refractivity contribution in [2.24, 2.45) is 0 Å². The topological polar surface area (TPSA) is 84.2 Å². The number of piperazine rings is 1. The summed E-state index contributed by atoms with van der Waals surface area (Å²) in [5.74, 6) is 0.789. The number of para-hydroxylation sites is 1. The second kappa shape index (κ2) is 12.7. The van der Waals surface area contributed by atoms with E-state index in [1.165, 1.54) is 22.9 Å². The average molecular weight is 613 g/mol. The molecule has 0 radical (unpaired) electrons. The highest BCUT2D eigenvalue weighted by molar-refractivity contribution is 7.99. The number of aromatic nitrogens is 4. The number of hydrogen-bond donors (Lipinski definition) is 0. The maximum absolute atomic E-state index is 13.0. The quantitative estimate of drug-likeness (QED) is 0.152. The number of carbonyl (C=O) groups excluding carboxylic acids is 2. The van der Waals surface area contributed by atoms with Gasteiger partial charge in [0.1, 0.15) is 5.52 Å². The van der Waals surface area contributed by atoms with E-state index in [9.17, 15) is 9.59 Å². The molecule has 0 bridgehead atoms. The first kappa shape index (κ1) is 29.1. The molecule has 1 saturated heterocycles. The number of hydrogen-bond acceptors (Lipinski definition) is 6. The van der Waals surface area contributed by atoms with Gasteiger partial charge in [-0.1, -0.05) is 71.4 Å². The normalized spacial score (nSPS) is 15.4. The number of thioether (sulfide) groups is 1. The fraction of sp³-hybridized carbons (Fsp3) is 0.303. The molecule has 2 amide bonds. The zero-order valence-electron chi connectivity index (χ0n) is 24.2. The summed E-state index contributed by atoms with van der Waals surface area (Å²) in [5, 5.41) is 11.2. The van der Waals surface area contributed by atoms with Crippen LogP contribution in [-0.2, 0) is 11.3 Å². The van der Waals surface area contributed by atoms with Crippen molar-refractivity contribution in [1.29, 1.82) is 0 Å². The first-order valence-electron chi connectivity index (χ1n) is 14.5. The molecule has 1 aliphatic heterocycles. The van der Waals surface area contributed by atoms with Crippen LogP contribution in [0.3, 0.4) is 0 Å². The van der Waals surface area contributed by atoms with Gasteiger partial charge in [0.2, 0.25) is 11.1 Å². The highest BCUT2D eigenvalue weighted by atomic mass is 35.5. The van der Waals surface area contributed by atoms with Gasteiger partial charge in [-0.25, -0.2) is 4.98 Å². The Balaban J connectivity index is 1.06. The molecule has 0 aliphatic carbocycles. The zero-order valence-corrected chi connectivity index (χ0v) is 25.8. The van der Waals surface area contributed by atoms with Crippen LogP contribution in [0.1, 0.15) is 41.3 Å². The maximum Gasteiger partial charge on any atom is 0.254 e. The van der Waals surface area contributed by atoms with E-state index in [-0.39, 0.29) is 17.9 Å². The van der Waals surface area contributed by atoms with Crippen LogP contribution in [0.5, 0.6) is 0 Å². The lowest BCUT2D eigenvalue weighted by atomic mass is 10.1. The molecule has 1 fully saturated rings. The van der Waals surface area contributed by atoms with Gasteiger partial charge in [0.05, 0.1) is 5.52 Å². The molecule has 43 heavy (non-hydrogen) atoms. The smallest absolute Gasteiger partial charge is 0.254 e. The van der Waals surface area contributed by atoms with Gasteiger partial charge < -0.3 is 14.4 Å². The number of carbonyl (C=O) groups is 2. The predicted molar refractivity (Wildman–Crippen MR) is 172 cm³/mol. The molecule has 1 aliphatic rings. The molecule has 2 aromatic heterocycles. The summed E-state index contributed by atoms with van der Waals surface area (Å²) in [6.45, 7) is 6.36. The van der Waals surface area contributed by atoms with Crippen molar-refractivity contribution in [3.8, 4) is 0 Å². The lowest BCUT2D eigenvalue weighted by Crippen LogP contribution is -2.55. The number of fused-ring (bicyclic) bond motifs is 3. The Morgan fingerprint density at radius 1 is 1.00 bits per heavy atom. The Kier molecular flexibility index (Phi) is 8.63. The van der Waals surface area contributed by atoms with E-state index < -0.39 is 0 Å². The third-order valence-corrected chi connectivity index (χ3v) is 9.05. The van der Waals surface area contributed by atoms with Crippen LogP contribution in [0.15, 0.2) is 78.0 Å². The monoisotopic (exact) mass is 612 g/mol. The van der Waals surface area contributed by atoms with E-state index in [0.717, 1.165) is 22.1 Å². The molecule has 3 heterocycles. The van der Waals surface area contributed by atoms with Crippen molar-refractivity contribution >= 4 is 57.2 Å². The summed E-state index contributed by atoms with van der Waals surface area (Å²) in [7, 11) is 0. The molecule has 1 atom stereocenters. The number of amides is 2. The van der Waals surface area contributed by atoms with E-state index in [0.29, 0.717) is 60.5 Å². The molecule has 10 heteroatoms. The van der Waals surface area contributed by atoms with Crippen molar-refractivity contribution in [2.75, 3.05) is 25.4 Å². The average Bonchev–Trinajstić information content (AvgIpc) is 3.32. The van der Waals surface area contributed by atoms with Crippen molar-refractivity contribution in [3.63, 3.8) is 0 Å². The molecular weight excluding hydrogens is 580 g/mol. The number of halogens is 1. The molecule has 0 N–H and O–H groups in total. The van der Waals surface area contributed by atoms with E-state index in [4.69, 9.17) is 16.6 Å². The first-order valence-corrected chi connectivity index (χ1v) is 15.9. The first-order chi connectivity index (χ1) is 20.9. The Morgan fingerprint density at radius 3 is 2.60 bits per heavy atom. The van der Waals surface area contributed by atoms with Crippen molar-refractivity contribution in [1.82, 2.24) is 29.5 Å². The minimum Gasteiger partial charge on any atom is -0.339 e. The summed E-state index contributed by atoms with van der Waals surface area (Å²) >= 11 is 7.49. The van der Waals surface area contributed by atoms with Crippen LogP contribution < -0.4 is 0 Å². The summed E-state index contributed by atoms with van der Waals surface area (Å²) in [4.78, 5) is 34.6. The van der Waals surface area contributed by atoms with Gasteiger partial charge >= 0.3 is 0 Å². The molecule has 8 nitrogen and oxygen atoms in total. The summed E-state index contributed by atoms with van der Waals surface area (Å²) in [5.41, 5.74) is 5.73. The summed E-state index contributed by atoms with van der Waals surface area (Å²) in [6.07, 6.45) is 1.14. The van der Waals surface area contributed by atoms with Gasteiger partial charge in [0.25, 0.3) is 5.91 Å². The third kappa shape index (κ3) is 6.38. The van der Waals surface area contributed by atoms with Gasteiger partial charge in [-0.2, -0.15) is 0 Å². The second-order valence-corrected chi connectivity index (χ2v) is 12.5. The van der Waals surface area contributed by atoms with Gasteiger partial charge in [-0.15, -0.1) is 10.2 Å². The molecule has 220 valence electrons. The van der Waals surface area contributed by atoms with E-state index >= 15 is 0 Å². The highest BCUT2D eigenvalue weighted by Crippen LogP contribution is 2.28. The standard InChI is InChI=1S/C33H33ClN6O2S/c1-22-7-5-8-24(19-22)21-40-28-10-4-3-9-27(28)30-31(40)35-33(37-36-30)43-18-6-11-29(41)38-16-17-39(23(2)20-38)32(42)25-12-14-26(34)15-13-25/h3-5,7-10,12-15,19,23H,6,11,16-18,20-21H2,1-2H3/t23-/m0/s1. The molecule has 0 spiro atoms. The third-order valence-electron chi connectivity index (χ3n) is 7.88. The Hall–Kier alpha value is -3.95. The van der Waals surface area contributed by atoms with E-state index in [1.807, 2.05) is 28.9 Å². The molecule has 6 rings (SSSR count). The lowest BCUT2D eigenvalue weighted by Gasteiger charge is -2.40. The Bertz CT molecular complexity index is 1790. The van der Waals surface area contributed by atoms with Crippen molar-refractivity contribution in [2.45, 2.75) is 44.4 Å². The molecule has 0 saturated carbocycles. The van der Waals surface area contributed by atoms with Gasteiger partial charge in [-0.05, 0) is 56.2 Å². The summed E-state index contributed by atoms with van der Waals surface area (Å²) < 4.78 is 2.21. The number of rotatable bonds is 8. The van der Waals surface area contributed by atoms with Gasteiger partial charge in [0, 0.05) is 60.4 Å². The van der Waals surface area contributed by atoms with E-state index in [2.05, 4.69) is 58.1 Å². The second-order valence-electron chi connectivity index (χ2n) is 11.0. The Morgan fingerprint density at radius 2 is 1.81 bits per heavy atom. The molecule has 3 aromatic carbocycles. The molecule has 5 aromatic rings. The lowest BCUT2D eigenvalue weighted by molar-refractivity contribution is -0.133. The Labute approximate surface area is 260 Å². The van der Waals surface area contributed by atoms with Crippen molar-refractivity contribution in [3.05, 3.63) is 94.5 Å². The SMILES string of the molecule is Cc1cccc(Cn2c3ccccc3c3nnc(SCCCC(=O)N4CCN(C(=O)c5ccc(Cl)cc5)[C@@H](C)C4)nc32)c1. The van der Waals surface area contributed by atoms with E-state index in [1.54, 1.807) is 24.3 Å². The van der Waals surface area contributed by atoms with Crippen molar-refractivity contribution < 1.29 is 9.59 Å². The maximum atomic E-state index is 13.0. The number of benzene rings is 3. The van der Waals surface area contributed by atoms with Crippen LogP contribution >= 0.6 is 23.4 Å². The zero-order chi connectivity index (χ0) is 29.9. The van der Waals surface area contributed by atoms with Gasteiger partial charge in [0.15, 0.2) is 5.65 Å². The van der Waals surface area contributed by atoms with Crippen LogP contribution in [0.25, 0.3) is 22.1 Å². The van der Waals surface area contributed by atoms with Gasteiger partial charge in [-0.3, -0.25) is 9.59 Å². The minimum atomic E-state index is -0.0620. The van der Waals surface area contributed by atoms with Crippen LogP contribution in [0, 0.1) is 6.92 Å². The minimum absolute atomic E-state index is 0.0313.